The minimum Gasteiger partial charge on any atom is -0.473 e. The monoisotopic (exact) mass is 418 g/mol. The van der Waals surface area contributed by atoms with Gasteiger partial charge in [-0.15, -0.1) is 0 Å². The first-order valence-electron chi connectivity index (χ1n) is 10.2. The van der Waals surface area contributed by atoms with E-state index in [-0.39, 0.29) is 11.5 Å². The zero-order valence-corrected chi connectivity index (χ0v) is 16.8. The van der Waals surface area contributed by atoms with Gasteiger partial charge in [0.05, 0.1) is 9.89 Å². The Hall–Kier alpha value is -1.10. The van der Waals surface area contributed by atoms with Crippen LogP contribution in [0.2, 0.25) is 0 Å². The molecule has 0 atom stereocenters. The van der Waals surface area contributed by atoms with Gasteiger partial charge < -0.3 is 9.64 Å². The summed E-state index contributed by atoms with van der Waals surface area (Å²) in [7, 11) is 0. The Morgan fingerprint density at radius 2 is 1.73 bits per heavy atom. The molecule has 140 valence electrons. The van der Waals surface area contributed by atoms with Crippen molar-refractivity contribution in [2.75, 3.05) is 13.1 Å². The Balaban J connectivity index is 1.22. The van der Waals surface area contributed by atoms with Crippen LogP contribution < -0.4 is 4.74 Å². The summed E-state index contributed by atoms with van der Waals surface area (Å²) in [6, 6.07) is 3.84. The molecule has 4 nitrogen and oxygen atoms in total. The van der Waals surface area contributed by atoms with Crippen molar-refractivity contribution in [3.05, 3.63) is 22.8 Å². The van der Waals surface area contributed by atoms with Gasteiger partial charge in [0, 0.05) is 32.1 Å². The molecule has 26 heavy (non-hydrogen) atoms. The van der Waals surface area contributed by atoms with Crippen molar-refractivity contribution in [2.24, 2.45) is 23.2 Å². The first kappa shape index (κ1) is 17.0. The number of halogens is 1. The smallest absolute Gasteiger partial charge is 0.228 e. The van der Waals surface area contributed by atoms with Gasteiger partial charge in [-0.2, -0.15) is 0 Å². The third kappa shape index (κ3) is 2.96. The Morgan fingerprint density at radius 3 is 2.31 bits per heavy atom. The average Bonchev–Trinajstić information content (AvgIpc) is 2.63. The summed E-state index contributed by atoms with van der Waals surface area (Å²) in [5.74, 6) is 3.61. The van der Waals surface area contributed by atoms with E-state index in [9.17, 15) is 4.79 Å². The number of likely N-dealkylation sites (tertiary alicyclic amines) is 1. The Morgan fingerprint density at radius 1 is 1.12 bits per heavy atom. The van der Waals surface area contributed by atoms with Gasteiger partial charge in [-0.05, 0) is 84.3 Å². The molecule has 0 spiro atoms. The van der Waals surface area contributed by atoms with Gasteiger partial charge in [0.25, 0.3) is 0 Å². The van der Waals surface area contributed by atoms with Gasteiger partial charge in [-0.25, -0.2) is 4.98 Å². The molecule has 0 unspecified atom stereocenters. The minimum atomic E-state index is -0.00748. The highest BCUT2D eigenvalue weighted by atomic mass is 79.9. The third-order valence-corrected chi connectivity index (χ3v) is 7.83. The number of amides is 1. The molecule has 0 aromatic carbocycles. The molecule has 4 saturated carbocycles. The molecule has 1 amide bonds. The molecule has 1 aromatic rings. The van der Waals surface area contributed by atoms with Gasteiger partial charge in [-0.3, -0.25) is 4.79 Å². The number of rotatable bonds is 3. The van der Waals surface area contributed by atoms with Crippen molar-refractivity contribution in [3.63, 3.8) is 0 Å². The van der Waals surface area contributed by atoms with Gasteiger partial charge in [-0.1, -0.05) is 0 Å². The van der Waals surface area contributed by atoms with Crippen molar-refractivity contribution in [3.8, 4) is 5.88 Å². The van der Waals surface area contributed by atoms with Crippen LogP contribution in [0.3, 0.4) is 0 Å². The van der Waals surface area contributed by atoms with Crippen LogP contribution >= 0.6 is 15.9 Å². The van der Waals surface area contributed by atoms with Gasteiger partial charge in [0.15, 0.2) is 0 Å². The largest absolute Gasteiger partial charge is 0.473 e. The van der Waals surface area contributed by atoms with E-state index in [1.165, 1.54) is 19.3 Å². The number of carbonyl (C=O) groups excluding carboxylic acids is 1. The Kier molecular flexibility index (Phi) is 4.26. The van der Waals surface area contributed by atoms with Crippen molar-refractivity contribution in [1.29, 1.82) is 0 Å². The van der Waals surface area contributed by atoms with Crippen LogP contribution in [-0.4, -0.2) is 35.0 Å². The number of aromatic nitrogens is 1. The zero-order chi connectivity index (χ0) is 17.7. The summed E-state index contributed by atoms with van der Waals surface area (Å²) in [5.41, 5.74) is -0.00748. The topological polar surface area (TPSA) is 42.4 Å². The summed E-state index contributed by atoms with van der Waals surface area (Å²) < 4.78 is 6.96. The molecule has 1 saturated heterocycles. The molecule has 6 rings (SSSR count). The maximum Gasteiger partial charge on any atom is 0.228 e. The molecule has 5 heteroatoms. The molecule has 1 aromatic heterocycles. The number of carbonyl (C=O) groups is 1. The first-order valence-corrected chi connectivity index (χ1v) is 11.0. The van der Waals surface area contributed by atoms with Crippen LogP contribution in [0.15, 0.2) is 22.8 Å². The molecule has 5 fully saturated rings. The van der Waals surface area contributed by atoms with Crippen LogP contribution in [0, 0.1) is 23.2 Å². The van der Waals surface area contributed by atoms with E-state index in [0.717, 1.165) is 67.4 Å². The highest BCUT2D eigenvalue weighted by Gasteiger charge is 2.55. The zero-order valence-electron chi connectivity index (χ0n) is 15.2. The molecular weight excluding hydrogens is 392 g/mol. The molecule has 1 aliphatic heterocycles. The maximum atomic E-state index is 13.4. The van der Waals surface area contributed by atoms with Gasteiger partial charge >= 0.3 is 0 Å². The first-order chi connectivity index (χ1) is 12.6. The lowest BCUT2D eigenvalue weighted by Crippen LogP contribution is -2.56. The summed E-state index contributed by atoms with van der Waals surface area (Å²) in [5, 5.41) is 0. The molecule has 4 aliphatic carbocycles. The normalized spacial score (nSPS) is 36.3. The highest BCUT2D eigenvalue weighted by Crippen LogP contribution is 2.60. The van der Waals surface area contributed by atoms with Crippen LogP contribution in [0.25, 0.3) is 0 Å². The fourth-order valence-corrected chi connectivity index (χ4v) is 6.85. The number of piperidine rings is 1. The van der Waals surface area contributed by atoms with Crippen molar-refractivity contribution >= 4 is 21.8 Å². The number of pyridine rings is 1. The number of hydrogen-bond donors (Lipinski definition) is 0. The van der Waals surface area contributed by atoms with Gasteiger partial charge in [0.2, 0.25) is 11.8 Å². The number of nitrogens with zero attached hydrogens (tertiary/aromatic N) is 2. The molecule has 2 heterocycles. The average molecular weight is 419 g/mol. The van der Waals surface area contributed by atoms with E-state index in [1.54, 1.807) is 6.20 Å². The van der Waals surface area contributed by atoms with E-state index in [1.807, 2.05) is 12.1 Å². The van der Waals surface area contributed by atoms with Crippen molar-refractivity contribution in [2.45, 2.75) is 57.5 Å². The lowest BCUT2D eigenvalue weighted by Gasteiger charge is -2.57. The van der Waals surface area contributed by atoms with Crippen LogP contribution in [0.5, 0.6) is 5.88 Å². The molecule has 0 radical (unpaired) electrons. The fraction of sp³-hybridized carbons (Fsp3) is 0.714. The second-order valence-electron chi connectivity index (χ2n) is 9.10. The fourth-order valence-electron chi connectivity index (χ4n) is 6.50. The predicted octanol–water partition coefficient (Wildman–Crippen LogP) is 4.43. The van der Waals surface area contributed by atoms with Crippen molar-refractivity contribution in [1.82, 2.24) is 9.88 Å². The second-order valence-corrected chi connectivity index (χ2v) is 9.95. The number of hydrogen-bond acceptors (Lipinski definition) is 3. The van der Waals surface area contributed by atoms with Crippen LogP contribution in [0.4, 0.5) is 0 Å². The standard InChI is InChI=1S/C21H27BrN2O2/c22-18-2-1-5-23-19(18)26-17-3-6-24(7-4-17)20(25)21-11-14-8-15(12-21)10-16(9-14)13-21/h1-2,5,14-17H,3-4,6-13H2. The lowest BCUT2D eigenvalue weighted by atomic mass is 9.49. The van der Waals surface area contributed by atoms with E-state index in [2.05, 4.69) is 25.8 Å². The summed E-state index contributed by atoms with van der Waals surface area (Å²) >= 11 is 3.50. The Bertz CT molecular complexity index is 664. The molecular formula is C21H27BrN2O2. The lowest BCUT2D eigenvalue weighted by molar-refractivity contribution is -0.159. The molecule has 0 N–H and O–H groups in total. The maximum absolute atomic E-state index is 13.4. The van der Waals surface area contributed by atoms with E-state index < -0.39 is 0 Å². The predicted molar refractivity (Wildman–Crippen MR) is 103 cm³/mol. The molecule has 5 aliphatic rings. The van der Waals surface area contributed by atoms with E-state index in [4.69, 9.17) is 4.74 Å². The summed E-state index contributed by atoms with van der Waals surface area (Å²) in [6.45, 7) is 1.66. The highest BCUT2D eigenvalue weighted by molar-refractivity contribution is 9.10. The quantitative estimate of drug-likeness (QED) is 0.728. The molecule has 4 bridgehead atoms. The SMILES string of the molecule is O=C(N1CCC(Oc2ncccc2Br)CC1)C12CC3CC(CC(C3)C1)C2. The van der Waals surface area contributed by atoms with Gasteiger partial charge in [0.1, 0.15) is 6.10 Å². The van der Waals surface area contributed by atoms with E-state index in [0.29, 0.717) is 11.8 Å². The van der Waals surface area contributed by atoms with Crippen LogP contribution in [-0.2, 0) is 4.79 Å². The summed E-state index contributed by atoms with van der Waals surface area (Å²) in [4.78, 5) is 19.9. The summed E-state index contributed by atoms with van der Waals surface area (Å²) in [6.07, 6.45) is 11.4. The Labute approximate surface area is 163 Å². The number of ether oxygens (including phenoxy) is 1. The second kappa shape index (κ2) is 6.50. The van der Waals surface area contributed by atoms with E-state index >= 15 is 0 Å². The van der Waals surface area contributed by atoms with Crippen LogP contribution in [0.1, 0.15) is 51.4 Å². The minimum absolute atomic E-state index is 0.00748. The third-order valence-electron chi connectivity index (χ3n) is 7.22. The van der Waals surface area contributed by atoms with Crippen molar-refractivity contribution < 1.29 is 9.53 Å².